The van der Waals surface area contributed by atoms with Crippen LogP contribution in [-0.2, 0) is 16.1 Å². The molecule has 2 heterocycles. The summed E-state index contributed by atoms with van der Waals surface area (Å²) in [7, 11) is 0. The summed E-state index contributed by atoms with van der Waals surface area (Å²) in [4.78, 5) is 39.2. The summed E-state index contributed by atoms with van der Waals surface area (Å²) in [6.07, 6.45) is 3.49. The van der Waals surface area contributed by atoms with Gasteiger partial charge < -0.3 is 10.6 Å². The Hall–Kier alpha value is -3.16. The molecule has 1 aromatic carbocycles. The highest BCUT2D eigenvalue weighted by Gasteiger charge is 2.55. The van der Waals surface area contributed by atoms with Crippen LogP contribution in [-0.4, -0.2) is 44.6 Å². The zero-order valence-electron chi connectivity index (χ0n) is 18.3. The van der Waals surface area contributed by atoms with Gasteiger partial charge in [-0.15, -0.1) is 0 Å². The van der Waals surface area contributed by atoms with Crippen molar-refractivity contribution in [2.45, 2.75) is 58.5 Å². The van der Waals surface area contributed by atoms with Crippen LogP contribution in [0.2, 0.25) is 0 Å². The number of aromatic nitrogens is 2. The van der Waals surface area contributed by atoms with Gasteiger partial charge in [0.2, 0.25) is 5.91 Å². The van der Waals surface area contributed by atoms with Gasteiger partial charge in [-0.2, -0.15) is 5.10 Å². The fourth-order valence-electron chi connectivity index (χ4n) is 4.78. The molecule has 31 heavy (non-hydrogen) atoms. The monoisotopic (exact) mass is 423 g/mol. The molecule has 1 spiro atoms. The van der Waals surface area contributed by atoms with E-state index in [1.807, 2.05) is 55.8 Å². The summed E-state index contributed by atoms with van der Waals surface area (Å²) in [5, 5.41) is 10.3. The van der Waals surface area contributed by atoms with Gasteiger partial charge in [0.05, 0.1) is 11.4 Å². The van der Waals surface area contributed by atoms with Crippen LogP contribution in [0.5, 0.6) is 0 Å². The standard InChI is InChI=1S/C23H29N5O3/c1-15-9-7-8-12-23(15)21(30)27(22(31)25-23)14-20(29)24-13-19-16(2)26-28(17(19)3)18-10-5-4-6-11-18/h4-6,10-11,15H,7-9,12-14H2,1-3H3,(H,24,29)(H,25,31)/t15-,23+/m1/s1. The Labute approximate surface area is 182 Å². The number of nitrogens with one attached hydrogen (secondary N) is 2. The van der Waals surface area contributed by atoms with Crippen LogP contribution in [0.15, 0.2) is 30.3 Å². The molecule has 2 N–H and O–H groups in total. The Morgan fingerprint density at radius 2 is 1.97 bits per heavy atom. The van der Waals surface area contributed by atoms with Crippen molar-refractivity contribution in [3.63, 3.8) is 0 Å². The lowest BCUT2D eigenvalue weighted by molar-refractivity contribution is -0.137. The lowest BCUT2D eigenvalue weighted by Crippen LogP contribution is -2.54. The number of carbonyl (C=O) groups excluding carboxylic acids is 3. The maximum atomic E-state index is 13.0. The third-order valence-electron chi connectivity index (χ3n) is 6.71. The number of imide groups is 1. The van der Waals surface area contributed by atoms with Crippen LogP contribution in [0, 0.1) is 19.8 Å². The van der Waals surface area contributed by atoms with E-state index in [4.69, 9.17) is 0 Å². The van der Waals surface area contributed by atoms with Crippen LogP contribution in [0.4, 0.5) is 4.79 Å². The topological polar surface area (TPSA) is 96.3 Å². The summed E-state index contributed by atoms with van der Waals surface area (Å²) >= 11 is 0. The number of carbonyl (C=O) groups is 3. The van der Waals surface area contributed by atoms with E-state index in [2.05, 4.69) is 15.7 Å². The Morgan fingerprint density at radius 3 is 2.68 bits per heavy atom. The van der Waals surface area contributed by atoms with Gasteiger partial charge in [-0.1, -0.05) is 38.0 Å². The van der Waals surface area contributed by atoms with Crippen molar-refractivity contribution in [1.82, 2.24) is 25.3 Å². The predicted molar refractivity (Wildman–Crippen MR) is 115 cm³/mol. The molecule has 1 aromatic heterocycles. The second-order valence-electron chi connectivity index (χ2n) is 8.61. The number of rotatable bonds is 5. The molecule has 8 nitrogen and oxygen atoms in total. The zero-order chi connectivity index (χ0) is 22.2. The lowest BCUT2D eigenvalue weighted by atomic mass is 9.73. The molecule has 2 fully saturated rings. The second-order valence-corrected chi connectivity index (χ2v) is 8.61. The average molecular weight is 424 g/mol. The summed E-state index contributed by atoms with van der Waals surface area (Å²) in [5.74, 6) is -0.570. The van der Waals surface area contributed by atoms with E-state index in [1.165, 1.54) is 0 Å². The van der Waals surface area contributed by atoms with Crippen molar-refractivity contribution in [3.05, 3.63) is 47.3 Å². The number of aryl methyl sites for hydroxylation is 1. The van der Waals surface area contributed by atoms with Crippen molar-refractivity contribution < 1.29 is 14.4 Å². The van der Waals surface area contributed by atoms with E-state index in [1.54, 1.807) is 0 Å². The molecule has 2 aliphatic rings. The number of urea groups is 1. The fourth-order valence-corrected chi connectivity index (χ4v) is 4.78. The first-order valence-corrected chi connectivity index (χ1v) is 10.8. The quantitative estimate of drug-likeness (QED) is 0.723. The Kier molecular flexibility index (Phi) is 5.56. The largest absolute Gasteiger partial charge is 0.350 e. The summed E-state index contributed by atoms with van der Waals surface area (Å²) in [6.45, 7) is 5.87. The van der Waals surface area contributed by atoms with Gasteiger partial charge in [-0.05, 0) is 44.7 Å². The third kappa shape index (κ3) is 3.71. The number of hydrogen-bond donors (Lipinski definition) is 2. The molecular formula is C23H29N5O3. The Balaban J connectivity index is 1.42. The number of hydrogen-bond acceptors (Lipinski definition) is 4. The van der Waals surface area contributed by atoms with Crippen molar-refractivity contribution in [3.8, 4) is 5.69 Å². The van der Waals surface area contributed by atoms with E-state index in [9.17, 15) is 14.4 Å². The van der Waals surface area contributed by atoms with Gasteiger partial charge in [0.15, 0.2) is 0 Å². The molecule has 0 unspecified atom stereocenters. The molecule has 164 valence electrons. The first-order chi connectivity index (χ1) is 14.8. The van der Waals surface area contributed by atoms with Gasteiger partial charge in [-0.25, -0.2) is 9.48 Å². The minimum Gasteiger partial charge on any atom is -0.350 e. The molecule has 4 amide bonds. The van der Waals surface area contributed by atoms with Gasteiger partial charge >= 0.3 is 6.03 Å². The van der Waals surface area contributed by atoms with Crippen molar-refractivity contribution in [1.29, 1.82) is 0 Å². The lowest BCUT2D eigenvalue weighted by Gasteiger charge is -2.36. The Morgan fingerprint density at radius 1 is 1.23 bits per heavy atom. The van der Waals surface area contributed by atoms with E-state index in [0.29, 0.717) is 6.42 Å². The van der Waals surface area contributed by atoms with Crippen molar-refractivity contribution in [2.24, 2.45) is 5.92 Å². The van der Waals surface area contributed by atoms with Crippen LogP contribution < -0.4 is 10.6 Å². The summed E-state index contributed by atoms with van der Waals surface area (Å²) < 4.78 is 1.85. The number of benzene rings is 1. The van der Waals surface area contributed by atoms with E-state index in [0.717, 1.165) is 46.8 Å². The molecule has 0 radical (unpaired) electrons. The third-order valence-corrected chi connectivity index (χ3v) is 6.71. The second kappa shape index (κ2) is 8.17. The minimum atomic E-state index is -0.848. The first-order valence-electron chi connectivity index (χ1n) is 10.8. The highest BCUT2D eigenvalue weighted by atomic mass is 16.2. The number of amides is 4. The van der Waals surface area contributed by atoms with E-state index >= 15 is 0 Å². The summed E-state index contributed by atoms with van der Waals surface area (Å²) in [5.41, 5.74) is 2.79. The molecule has 4 rings (SSSR count). The summed E-state index contributed by atoms with van der Waals surface area (Å²) in [6, 6.07) is 9.32. The normalized spacial score (nSPS) is 23.3. The molecule has 1 aliphatic carbocycles. The molecule has 2 atom stereocenters. The van der Waals surface area contributed by atoms with Gasteiger partial charge in [0.1, 0.15) is 12.1 Å². The minimum absolute atomic E-state index is 0.0693. The van der Waals surface area contributed by atoms with Gasteiger partial charge in [-0.3, -0.25) is 14.5 Å². The van der Waals surface area contributed by atoms with Crippen LogP contribution in [0.3, 0.4) is 0 Å². The number of para-hydroxylation sites is 1. The number of nitrogens with zero attached hydrogens (tertiary/aromatic N) is 3. The average Bonchev–Trinajstić information content (AvgIpc) is 3.17. The smallest absolute Gasteiger partial charge is 0.325 e. The highest BCUT2D eigenvalue weighted by molar-refractivity contribution is 6.09. The molecule has 1 aliphatic heterocycles. The van der Waals surface area contributed by atoms with Crippen molar-refractivity contribution in [2.75, 3.05) is 6.54 Å². The van der Waals surface area contributed by atoms with Crippen molar-refractivity contribution >= 4 is 17.8 Å². The van der Waals surface area contributed by atoms with Crippen LogP contribution in [0.1, 0.15) is 49.6 Å². The Bertz CT molecular complexity index is 1020. The van der Waals surface area contributed by atoms with Crippen LogP contribution >= 0.6 is 0 Å². The molecule has 2 aromatic rings. The predicted octanol–water partition coefficient (Wildman–Crippen LogP) is 2.61. The van der Waals surface area contributed by atoms with E-state index < -0.39 is 11.6 Å². The maximum Gasteiger partial charge on any atom is 0.325 e. The SMILES string of the molecule is Cc1nn(-c2ccccc2)c(C)c1CNC(=O)CN1C(=O)N[C@]2(CCCC[C@H]2C)C1=O. The molecule has 0 bridgehead atoms. The maximum absolute atomic E-state index is 13.0. The van der Waals surface area contributed by atoms with Crippen LogP contribution in [0.25, 0.3) is 5.69 Å². The molecular weight excluding hydrogens is 394 g/mol. The van der Waals surface area contributed by atoms with Gasteiger partial charge in [0.25, 0.3) is 5.91 Å². The molecule has 1 saturated heterocycles. The molecule has 8 heteroatoms. The fraction of sp³-hybridized carbons (Fsp3) is 0.478. The van der Waals surface area contributed by atoms with E-state index in [-0.39, 0.29) is 30.8 Å². The first kappa shape index (κ1) is 21.1. The highest BCUT2D eigenvalue weighted by Crippen LogP contribution is 2.38. The van der Waals surface area contributed by atoms with Gasteiger partial charge in [0, 0.05) is 17.8 Å². The molecule has 1 saturated carbocycles. The zero-order valence-corrected chi connectivity index (χ0v) is 18.3.